The molecular weight excluding hydrogens is 428 g/mol. The Bertz CT molecular complexity index is 1190. The van der Waals surface area contributed by atoms with Crippen LogP contribution in [0.15, 0.2) is 102 Å². The predicted molar refractivity (Wildman–Crippen MR) is 134 cm³/mol. The minimum atomic E-state index is -0.0430. The molecule has 0 aliphatic heterocycles. The Kier molecular flexibility index (Phi) is 7.33. The Morgan fingerprint density at radius 2 is 1.36 bits per heavy atom. The third-order valence-electron chi connectivity index (χ3n) is 5.43. The maximum Gasteiger partial charge on any atom is 0.268 e. The minimum absolute atomic E-state index is 0.0372. The van der Waals surface area contributed by atoms with E-state index >= 15 is 0 Å². The number of carbonyl (C=O) groups is 2. The number of hydrogen-bond donors (Lipinski definition) is 0. The molecule has 5 heteroatoms. The van der Waals surface area contributed by atoms with Crippen molar-refractivity contribution >= 4 is 28.8 Å². The van der Waals surface area contributed by atoms with Crippen LogP contribution in [0.5, 0.6) is 0 Å². The molecule has 4 nitrogen and oxygen atoms in total. The van der Waals surface area contributed by atoms with E-state index in [1.165, 1.54) is 11.3 Å². The van der Waals surface area contributed by atoms with E-state index in [-0.39, 0.29) is 18.2 Å². The summed E-state index contributed by atoms with van der Waals surface area (Å²) in [5.74, 6) is -0.00581. The molecule has 4 aromatic rings. The topological polar surface area (TPSA) is 40.6 Å². The molecule has 4 rings (SSSR count). The number of likely N-dealkylation sites (N-methyl/N-ethyl adjacent to an activating group) is 1. The summed E-state index contributed by atoms with van der Waals surface area (Å²) in [6, 6.07) is 31.3. The zero-order valence-electron chi connectivity index (χ0n) is 18.6. The zero-order valence-corrected chi connectivity index (χ0v) is 19.4. The van der Waals surface area contributed by atoms with E-state index in [0.717, 1.165) is 22.4 Å². The van der Waals surface area contributed by atoms with Crippen molar-refractivity contribution in [2.75, 3.05) is 11.9 Å². The first kappa shape index (κ1) is 22.5. The average Bonchev–Trinajstić information content (AvgIpc) is 3.39. The summed E-state index contributed by atoms with van der Waals surface area (Å²) in [5.41, 5.74) is 3.81. The first-order chi connectivity index (χ1) is 16.1. The van der Waals surface area contributed by atoms with Crippen molar-refractivity contribution in [3.8, 4) is 0 Å². The number of amides is 2. The second-order valence-electron chi connectivity index (χ2n) is 7.94. The normalized spacial score (nSPS) is 10.6. The fourth-order valence-electron chi connectivity index (χ4n) is 3.67. The zero-order chi connectivity index (χ0) is 23.0. The smallest absolute Gasteiger partial charge is 0.268 e. The van der Waals surface area contributed by atoms with E-state index < -0.39 is 0 Å². The van der Waals surface area contributed by atoms with Crippen LogP contribution >= 0.6 is 11.3 Å². The number of nitrogens with zero attached hydrogens (tertiary/aromatic N) is 2. The van der Waals surface area contributed by atoms with Gasteiger partial charge in [0.05, 0.1) is 17.8 Å². The monoisotopic (exact) mass is 454 g/mol. The predicted octanol–water partition coefficient (Wildman–Crippen LogP) is 5.80. The number of benzene rings is 3. The summed E-state index contributed by atoms with van der Waals surface area (Å²) >= 11 is 1.43. The molecule has 3 aromatic carbocycles. The van der Waals surface area contributed by atoms with Crippen LogP contribution in [-0.2, 0) is 24.3 Å². The van der Waals surface area contributed by atoms with E-state index in [0.29, 0.717) is 18.0 Å². The van der Waals surface area contributed by atoms with Crippen molar-refractivity contribution in [1.82, 2.24) is 4.90 Å². The second kappa shape index (κ2) is 10.7. The molecular formula is C28H26N2O2S. The standard InChI is InChI=1S/C28H26N2O2S/c1-29(20-22-10-4-2-5-11-22)27(31)19-24-14-8-15-25(18-24)30(21-23-12-6-3-7-13-23)28(32)26-16-9-17-33-26/h2-18H,19-21H2,1H3. The number of thiophene rings is 1. The highest BCUT2D eigenvalue weighted by atomic mass is 32.1. The molecule has 0 saturated carbocycles. The van der Waals surface area contributed by atoms with Gasteiger partial charge in [-0.1, -0.05) is 78.9 Å². The van der Waals surface area contributed by atoms with Crippen LogP contribution in [0.2, 0.25) is 0 Å². The van der Waals surface area contributed by atoms with Crippen LogP contribution in [0.25, 0.3) is 0 Å². The van der Waals surface area contributed by atoms with Gasteiger partial charge in [-0.3, -0.25) is 9.59 Å². The van der Waals surface area contributed by atoms with Gasteiger partial charge in [0.15, 0.2) is 0 Å². The number of carbonyl (C=O) groups excluding carboxylic acids is 2. The van der Waals surface area contributed by atoms with Crippen molar-refractivity contribution in [3.63, 3.8) is 0 Å². The van der Waals surface area contributed by atoms with Gasteiger partial charge in [0.2, 0.25) is 5.91 Å². The third kappa shape index (κ3) is 5.96. The lowest BCUT2D eigenvalue weighted by molar-refractivity contribution is -0.129. The van der Waals surface area contributed by atoms with Gasteiger partial charge in [-0.25, -0.2) is 0 Å². The summed E-state index contributed by atoms with van der Waals surface area (Å²) in [5, 5.41) is 1.91. The SMILES string of the molecule is CN(Cc1ccccc1)C(=O)Cc1cccc(N(Cc2ccccc2)C(=O)c2cccs2)c1. The molecule has 0 spiro atoms. The Morgan fingerprint density at radius 1 is 0.727 bits per heavy atom. The molecule has 0 radical (unpaired) electrons. The molecule has 33 heavy (non-hydrogen) atoms. The molecule has 0 aliphatic carbocycles. The summed E-state index contributed by atoms with van der Waals surface area (Å²) in [6.45, 7) is 1.03. The van der Waals surface area contributed by atoms with E-state index in [4.69, 9.17) is 0 Å². The summed E-state index contributed by atoms with van der Waals surface area (Å²) in [6.07, 6.45) is 0.281. The van der Waals surface area contributed by atoms with Crippen LogP contribution in [0.4, 0.5) is 5.69 Å². The van der Waals surface area contributed by atoms with Gasteiger partial charge in [0.25, 0.3) is 5.91 Å². The van der Waals surface area contributed by atoms with Crippen LogP contribution in [0.1, 0.15) is 26.4 Å². The molecule has 0 atom stereocenters. The van der Waals surface area contributed by atoms with Gasteiger partial charge >= 0.3 is 0 Å². The minimum Gasteiger partial charge on any atom is -0.341 e. The van der Waals surface area contributed by atoms with Crippen molar-refractivity contribution in [1.29, 1.82) is 0 Å². The van der Waals surface area contributed by atoms with Crippen molar-refractivity contribution < 1.29 is 9.59 Å². The fourth-order valence-corrected chi connectivity index (χ4v) is 4.34. The Balaban J connectivity index is 1.53. The van der Waals surface area contributed by atoms with E-state index in [2.05, 4.69) is 0 Å². The summed E-state index contributed by atoms with van der Waals surface area (Å²) < 4.78 is 0. The molecule has 166 valence electrons. The van der Waals surface area contributed by atoms with Crippen LogP contribution in [-0.4, -0.2) is 23.8 Å². The van der Waals surface area contributed by atoms with Gasteiger partial charge < -0.3 is 9.80 Å². The van der Waals surface area contributed by atoms with Crippen LogP contribution in [0, 0.1) is 0 Å². The Hall–Kier alpha value is -3.70. The van der Waals surface area contributed by atoms with Crippen molar-refractivity contribution in [2.24, 2.45) is 0 Å². The first-order valence-electron chi connectivity index (χ1n) is 10.9. The molecule has 0 saturated heterocycles. The Labute approximate surface area is 198 Å². The fraction of sp³-hybridized carbons (Fsp3) is 0.143. The largest absolute Gasteiger partial charge is 0.341 e. The second-order valence-corrected chi connectivity index (χ2v) is 8.88. The highest BCUT2D eigenvalue weighted by molar-refractivity contribution is 7.12. The lowest BCUT2D eigenvalue weighted by Crippen LogP contribution is -2.30. The molecule has 0 aliphatic rings. The third-order valence-corrected chi connectivity index (χ3v) is 6.28. The van der Waals surface area contributed by atoms with Gasteiger partial charge in [-0.2, -0.15) is 0 Å². The van der Waals surface area contributed by atoms with E-state index in [1.54, 1.807) is 9.80 Å². The van der Waals surface area contributed by atoms with Gasteiger partial charge in [0.1, 0.15) is 0 Å². The van der Waals surface area contributed by atoms with E-state index in [9.17, 15) is 9.59 Å². The average molecular weight is 455 g/mol. The number of rotatable bonds is 8. The molecule has 1 heterocycles. The molecule has 0 unspecified atom stereocenters. The number of anilines is 1. The molecule has 0 N–H and O–H groups in total. The summed E-state index contributed by atoms with van der Waals surface area (Å²) in [7, 11) is 1.82. The number of hydrogen-bond acceptors (Lipinski definition) is 3. The summed E-state index contributed by atoms with van der Waals surface area (Å²) in [4.78, 5) is 30.4. The first-order valence-corrected chi connectivity index (χ1v) is 11.7. The highest BCUT2D eigenvalue weighted by Gasteiger charge is 2.20. The molecule has 2 amide bonds. The molecule has 1 aromatic heterocycles. The van der Waals surface area contributed by atoms with Crippen molar-refractivity contribution in [3.05, 3.63) is 124 Å². The maximum atomic E-state index is 13.3. The highest BCUT2D eigenvalue weighted by Crippen LogP contribution is 2.24. The van der Waals surface area contributed by atoms with Gasteiger partial charge in [-0.05, 0) is 40.3 Å². The maximum absolute atomic E-state index is 13.3. The van der Waals surface area contributed by atoms with Gasteiger partial charge in [0, 0.05) is 19.3 Å². The van der Waals surface area contributed by atoms with Crippen LogP contribution < -0.4 is 4.90 Å². The Morgan fingerprint density at radius 3 is 2.00 bits per heavy atom. The van der Waals surface area contributed by atoms with E-state index in [1.807, 2.05) is 109 Å². The van der Waals surface area contributed by atoms with Gasteiger partial charge in [-0.15, -0.1) is 11.3 Å². The van der Waals surface area contributed by atoms with Crippen molar-refractivity contribution in [2.45, 2.75) is 19.5 Å². The molecule has 0 fully saturated rings. The quantitative estimate of drug-likeness (QED) is 0.338. The molecule has 0 bridgehead atoms. The lowest BCUT2D eigenvalue weighted by atomic mass is 10.1. The lowest BCUT2D eigenvalue weighted by Gasteiger charge is -2.23. The van der Waals surface area contributed by atoms with Crippen LogP contribution in [0.3, 0.4) is 0 Å².